The molecule has 0 aliphatic heterocycles. The van der Waals surface area contributed by atoms with E-state index in [2.05, 4.69) is 5.09 Å². The van der Waals surface area contributed by atoms with Crippen molar-refractivity contribution in [1.29, 1.82) is 0 Å². The van der Waals surface area contributed by atoms with Gasteiger partial charge < -0.3 is 15.1 Å². The number of hydrogen-bond donors (Lipinski definition) is 4. The van der Waals surface area contributed by atoms with Gasteiger partial charge in [-0.1, -0.05) is 6.92 Å². The summed E-state index contributed by atoms with van der Waals surface area (Å²) in [5.41, 5.74) is 0. The van der Waals surface area contributed by atoms with E-state index in [0.717, 1.165) is 0 Å². The summed E-state index contributed by atoms with van der Waals surface area (Å²) in [6.07, 6.45) is -0.190. The maximum Gasteiger partial charge on any atom is 0.321 e. The lowest BCUT2D eigenvalue weighted by Crippen LogP contribution is -2.35. The second kappa shape index (κ2) is 6.62. The second-order valence-electron chi connectivity index (χ2n) is 3.38. The highest BCUT2D eigenvalue weighted by atomic mass is 31.2. The van der Waals surface area contributed by atoms with E-state index < -0.39 is 25.5 Å². The molecule has 0 rings (SSSR count). The van der Waals surface area contributed by atoms with Gasteiger partial charge in [0.25, 0.3) is 7.52 Å². The van der Waals surface area contributed by atoms with Crippen molar-refractivity contribution in [3.8, 4) is 0 Å². The molecule has 0 aromatic carbocycles. The molecule has 7 nitrogen and oxygen atoms in total. The van der Waals surface area contributed by atoms with Gasteiger partial charge in [-0.2, -0.15) is 0 Å². The van der Waals surface area contributed by atoms with Gasteiger partial charge in [-0.15, -0.1) is 0 Å². The molecule has 0 aromatic rings. The lowest BCUT2D eigenvalue weighted by atomic mass is 10.2. The first-order valence-electron chi connectivity index (χ1n) is 4.82. The summed E-state index contributed by atoms with van der Waals surface area (Å²) >= 11 is 0. The Morgan fingerprint density at radius 1 is 1.38 bits per heavy atom. The first-order valence-corrected chi connectivity index (χ1v) is 6.67. The molecule has 0 saturated heterocycles. The minimum Gasteiger partial charge on any atom is -0.481 e. The van der Waals surface area contributed by atoms with Crippen LogP contribution in [0.4, 0.5) is 0 Å². The molecule has 0 aliphatic rings. The number of nitrogens with one attached hydrogen (secondary N) is 1. The monoisotopic (exact) mass is 253 g/mol. The molecular formula is C8H16NO6P. The summed E-state index contributed by atoms with van der Waals surface area (Å²) < 4.78 is 11.4. The Balaban J connectivity index is 4.39. The van der Waals surface area contributed by atoms with Crippen molar-refractivity contribution in [3.05, 3.63) is 0 Å². The normalized spacial score (nSPS) is 16.4. The predicted molar refractivity (Wildman–Crippen MR) is 56.4 cm³/mol. The van der Waals surface area contributed by atoms with Gasteiger partial charge in [0.15, 0.2) is 0 Å². The van der Waals surface area contributed by atoms with Gasteiger partial charge in [-0.3, -0.25) is 14.2 Å². The Morgan fingerprint density at radius 2 is 1.94 bits per heavy atom. The van der Waals surface area contributed by atoms with E-state index in [1.165, 1.54) is 0 Å². The molecule has 4 N–H and O–H groups in total. The van der Waals surface area contributed by atoms with Crippen LogP contribution in [0.3, 0.4) is 0 Å². The van der Waals surface area contributed by atoms with Crippen LogP contribution >= 0.6 is 7.52 Å². The highest BCUT2D eigenvalue weighted by Gasteiger charge is 2.27. The number of rotatable bonds is 8. The summed E-state index contributed by atoms with van der Waals surface area (Å²) in [6.45, 7) is 1.69. The second-order valence-corrected chi connectivity index (χ2v) is 5.49. The van der Waals surface area contributed by atoms with Gasteiger partial charge in [-0.25, -0.2) is 5.09 Å². The molecule has 0 fully saturated rings. The van der Waals surface area contributed by atoms with Crippen LogP contribution in [0.2, 0.25) is 0 Å². The van der Waals surface area contributed by atoms with Crippen LogP contribution < -0.4 is 5.09 Å². The van der Waals surface area contributed by atoms with E-state index in [1.54, 1.807) is 6.92 Å². The first kappa shape index (κ1) is 15.1. The molecule has 0 saturated carbocycles. The SMILES string of the molecule is CCCP(=O)(O)NC(CCC(=O)O)C(=O)O. The molecular weight excluding hydrogens is 237 g/mol. The van der Waals surface area contributed by atoms with Crippen molar-refractivity contribution in [2.75, 3.05) is 6.16 Å². The van der Waals surface area contributed by atoms with Crippen molar-refractivity contribution >= 4 is 19.5 Å². The summed E-state index contributed by atoms with van der Waals surface area (Å²) in [7, 11) is -3.69. The Kier molecular flexibility index (Phi) is 6.25. The average molecular weight is 253 g/mol. The number of carbonyl (C=O) groups is 2. The van der Waals surface area contributed by atoms with E-state index in [-0.39, 0.29) is 19.0 Å². The molecule has 0 bridgehead atoms. The first-order chi connectivity index (χ1) is 7.28. The van der Waals surface area contributed by atoms with Gasteiger partial charge in [0.1, 0.15) is 6.04 Å². The quantitative estimate of drug-likeness (QED) is 0.464. The number of hydrogen-bond acceptors (Lipinski definition) is 3. The van der Waals surface area contributed by atoms with Gasteiger partial charge in [0, 0.05) is 12.6 Å². The molecule has 2 atom stereocenters. The van der Waals surface area contributed by atoms with Crippen LogP contribution in [0.25, 0.3) is 0 Å². The molecule has 0 aromatic heterocycles. The maximum atomic E-state index is 11.4. The molecule has 8 heteroatoms. The third-order valence-electron chi connectivity index (χ3n) is 1.83. The summed E-state index contributed by atoms with van der Waals surface area (Å²) in [5.74, 6) is -2.47. The minimum atomic E-state index is -3.69. The largest absolute Gasteiger partial charge is 0.481 e. The third-order valence-corrected chi connectivity index (χ3v) is 3.60. The number of aliphatic carboxylic acids is 2. The van der Waals surface area contributed by atoms with Crippen molar-refractivity contribution < 1.29 is 29.3 Å². The number of carboxylic acids is 2. The predicted octanol–water partition coefficient (Wildman–Crippen LogP) is 0.489. The van der Waals surface area contributed by atoms with E-state index in [9.17, 15) is 19.0 Å². The topological polar surface area (TPSA) is 124 Å². The highest BCUT2D eigenvalue weighted by molar-refractivity contribution is 7.55. The van der Waals surface area contributed by atoms with E-state index >= 15 is 0 Å². The van der Waals surface area contributed by atoms with Crippen molar-refractivity contribution in [3.63, 3.8) is 0 Å². The zero-order valence-electron chi connectivity index (χ0n) is 8.92. The van der Waals surface area contributed by atoms with Gasteiger partial charge in [-0.05, 0) is 12.8 Å². The zero-order valence-corrected chi connectivity index (χ0v) is 9.81. The fourth-order valence-electron chi connectivity index (χ4n) is 1.12. The van der Waals surface area contributed by atoms with Crippen LogP contribution in [0.1, 0.15) is 26.2 Å². The van der Waals surface area contributed by atoms with Crippen LogP contribution in [-0.2, 0) is 14.2 Å². The van der Waals surface area contributed by atoms with Gasteiger partial charge >= 0.3 is 11.9 Å². The molecule has 16 heavy (non-hydrogen) atoms. The summed E-state index contributed by atoms with van der Waals surface area (Å²) in [6, 6.07) is -1.31. The summed E-state index contributed by atoms with van der Waals surface area (Å²) in [4.78, 5) is 30.3. The minimum absolute atomic E-state index is 0.0378. The smallest absolute Gasteiger partial charge is 0.321 e. The van der Waals surface area contributed by atoms with Gasteiger partial charge in [0.05, 0.1) is 0 Å². The summed E-state index contributed by atoms with van der Waals surface area (Å²) in [5, 5.41) is 19.2. The van der Waals surface area contributed by atoms with Gasteiger partial charge in [0.2, 0.25) is 0 Å². The molecule has 0 radical (unpaired) electrons. The number of carboxylic acid groups (broad SMARTS) is 2. The molecule has 0 aliphatic carbocycles. The van der Waals surface area contributed by atoms with Crippen LogP contribution in [0, 0.1) is 0 Å². The van der Waals surface area contributed by atoms with Crippen LogP contribution in [0.5, 0.6) is 0 Å². The third kappa shape index (κ3) is 6.55. The Labute approximate surface area is 93.0 Å². The Hall–Kier alpha value is -0.910. The Bertz CT molecular complexity index is 305. The highest BCUT2D eigenvalue weighted by Crippen LogP contribution is 2.36. The van der Waals surface area contributed by atoms with E-state index in [4.69, 9.17) is 10.2 Å². The molecule has 0 amide bonds. The van der Waals surface area contributed by atoms with Crippen molar-refractivity contribution in [2.24, 2.45) is 0 Å². The lowest BCUT2D eigenvalue weighted by Gasteiger charge is -2.18. The van der Waals surface area contributed by atoms with Crippen molar-refractivity contribution in [2.45, 2.75) is 32.2 Å². The van der Waals surface area contributed by atoms with E-state index in [0.29, 0.717) is 6.42 Å². The maximum absolute atomic E-state index is 11.4. The molecule has 94 valence electrons. The molecule has 0 spiro atoms. The van der Waals surface area contributed by atoms with Crippen LogP contribution in [-0.4, -0.2) is 39.2 Å². The fourth-order valence-corrected chi connectivity index (χ4v) is 2.58. The Morgan fingerprint density at radius 3 is 2.31 bits per heavy atom. The molecule has 2 unspecified atom stereocenters. The molecule has 0 heterocycles. The standard InChI is InChI=1S/C8H16NO6P/c1-2-5-16(14,15)9-6(8(12)13)3-4-7(10)11/h6H,2-5H2,1H3,(H,10,11)(H,12,13)(H2,9,14,15). The van der Waals surface area contributed by atoms with Crippen LogP contribution in [0.15, 0.2) is 0 Å². The van der Waals surface area contributed by atoms with Crippen molar-refractivity contribution in [1.82, 2.24) is 5.09 Å². The zero-order chi connectivity index (χ0) is 12.8. The average Bonchev–Trinajstić information content (AvgIpc) is 2.11. The fraction of sp³-hybridized carbons (Fsp3) is 0.750. The van der Waals surface area contributed by atoms with E-state index in [1.807, 2.05) is 0 Å². The lowest BCUT2D eigenvalue weighted by molar-refractivity contribution is -0.140.